The van der Waals surface area contributed by atoms with Crippen molar-refractivity contribution in [3.05, 3.63) is 28.7 Å². The SMILES string of the molecule is O=S(=O)(NCC1CCCC(O)C1)c1ccccc1Br. The van der Waals surface area contributed by atoms with Gasteiger partial charge in [0, 0.05) is 11.0 Å². The lowest BCUT2D eigenvalue weighted by atomic mass is 9.87. The van der Waals surface area contributed by atoms with Gasteiger partial charge in [0.15, 0.2) is 0 Å². The molecule has 0 aliphatic heterocycles. The first-order valence-corrected chi connectivity index (χ1v) is 8.69. The second-order valence-electron chi connectivity index (χ2n) is 4.97. The zero-order valence-corrected chi connectivity index (χ0v) is 13.0. The first kappa shape index (κ1) is 15.0. The molecule has 2 unspecified atom stereocenters. The topological polar surface area (TPSA) is 66.4 Å². The number of hydrogen-bond donors (Lipinski definition) is 2. The Labute approximate surface area is 122 Å². The van der Waals surface area contributed by atoms with Gasteiger partial charge in [-0.2, -0.15) is 0 Å². The van der Waals surface area contributed by atoms with Crippen LogP contribution in [0.25, 0.3) is 0 Å². The molecule has 0 saturated heterocycles. The molecule has 0 amide bonds. The molecular formula is C13H18BrNO3S. The lowest BCUT2D eigenvalue weighted by Crippen LogP contribution is -2.33. The van der Waals surface area contributed by atoms with Gasteiger partial charge in [-0.15, -0.1) is 0 Å². The molecule has 2 atom stereocenters. The van der Waals surface area contributed by atoms with E-state index < -0.39 is 10.0 Å². The summed E-state index contributed by atoms with van der Waals surface area (Å²) in [4.78, 5) is 0.256. The maximum Gasteiger partial charge on any atom is 0.241 e. The van der Waals surface area contributed by atoms with E-state index in [2.05, 4.69) is 20.7 Å². The largest absolute Gasteiger partial charge is 0.393 e. The Balaban J connectivity index is 2.00. The molecule has 2 rings (SSSR count). The van der Waals surface area contributed by atoms with E-state index in [1.165, 1.54) is 0 Å². The van der Waals surface area contributed by atoms with Gasteiger partial charge in [0.25, 0.3) is 0 Å². The maximum absolute atomic E-state index is 12.2. The van der Waals surface area contributed by atoms with Gasteiger partial charge >= 0.3 is 0 Å². The highest BCUT2D eigenvalue weighted by molar-refractivity contribution is 9.10. The number of benzene rings is 1. The zero-order valence-electron chi connectivity index (χ0n) is 10.5. The predicted octanol–water partition coefficient (Wildman–Crippen LogP) is 2.28. The molecule has 4 nitrogen and oxygen atoms in total. The Bertz CT molecular complexity index is 532. The normalized spacial score (nSPS) is 24.3. The summed E-state index contributed by atoms with van der Waals surface area (Å²) in [6.45, 7) is 0.390. The van der Waals surface area contributed by atoms with Crippen molar-refractivity contribution in [2.45, 2.75) is 36.7 Å². The third-order valence-electron chi connectivity index (χ3n) is 3.44. The number of rotatable bonds is 4. The van der Waals surface area contributed by atoms with Crippen molar-refractivity contribution in [3.63, 3.8) is 0 Å². The quantitative estimate of drug-likeness (QED) is 0.877. The van der Waals surface area contributed by atoms with E-state index in [0.29, 0.717) is 17.4 Å². The van der Waals surface area contributed by atoms with Gasteiger partial charge in [-0.05, 0) is 53.2 Å². The van der Waals surface area contributed by atoms with Gasteiger partial charge in [-0.3, -0.25) is 0 Å². The summed E-state index contributed by atoms with van der Waals surface area (Å²) in [6, 6.07) is 6.76. The molecule has 1 aliphatic rings. The van der Waals surface area contributed by atoms with Crippen LogP contribution in [0.4, 0.5) is 0 Å². The summed E-state index contributed by atoms with van der Waals surface area (Å²) in [6.07, 6.45) is 3.15. The van der Waals surface area contributed by atoms with Crippen LogP contribution in [0.3, 0.4) is 0 Å². The summed E-state index contributed by atoms with van der Waals surface area (Å²) in [5.74, 6) is 0.223. The molecule has 1 fully saturated rings. The molecule has 1 saturated carbocycles. The summed E-state index contributed by atoms with van der Waals surface area (Å²) in [5.41, 5.74) is 0. The second kappa shape index (κ2) is 6.35. The molecule has 1 aromatic carbocycles. The molecule has 106 valence electrons. The van der Waals surface area contributed by atoms with Crippen molar-refractivity contribution >= 4 is 26.0 Å². The number of nitrogens with one attached hydrogen (secondary N) is 1. The van der Waals surface area contributed by atoms with Gasteiger partial charge < -0.3 is 5.11 Å². The molecule has 0 bridgehead atoms. The van der Waals surface area contributed by atoms with E-state index in [1.807, 2.05) is 0 Å². The number of aliphatic hydroxyl groups is 1. The van der Waals surface area contributed by atoms with Crippen LogP contribution in [0, 0.1) is 5.92 Å². The molecule has 2 N–H and O–H groups in total. The van der Waals surface area contributed by atoms with Crippen LogP contribution in [0.15, 0.2) is 33.6 Å². The van der Waals surface area contributed by atoms with Gasteiger partial charge in [0.05, 0.1) is 11.0 Å². The fraction of sp³-hybridized carbons (Fsp3) is 0.538. The van der Waals surface area contributed by atoms with Crippen LogP contribution in [0.1, 0.15) is 25.7 Å². The maximum atomic E-state index is 12.2. The van der Waals surface area contributed by atoms with Crippen molar-refractivity contribution in [3.8, 4) is 0 Å². The molecular weight excluding hydrogens is 330 g/mol. The lowest BCUT2D eigenvalue weighted by Gasteiger charge is -2.25. The molecule has 0 radical (unpaired) electrons. The zero-order chi connectivity index (χ0) is 13.9. The average Bonchev–Trinajstić information content (AvgIpc) is 2.37. The first-order chi connectivity index (χ1) is 8.99. The minimum absolute atomic E-state index is 0.223. The second-order valence-corrected chi connectivity index (χ2v) is 7.56. The molecule has 1 aliphatic carbocycles. The van der Waals surface area contributed by atoms with Crippen LogP contribution in [-0.4, -0.2) is 26.2 Å². The van der Waals surface area contributed by atoms with Gasteiger partial charge in [0.1, 0.15) is 0 Å². The van der Waals surface area contributed by atoms with E-state index in [1.54, 1.807) is 24.3 Å². The van der Waals surface area contributed by atoms with E-state index in [9.17, 15) is 13.5 Å². The molecule has 0 aromatic heterocycles. The number of sulfonamides is 1. The summed E-state index contributed by atoms with van der Waals surface area (Å²) >= 11 is 3.25. The standard InChI is InChI=1S/C13H18BrNO3S/c14-12-6-1-2-7-13(12)19(17,18)15-9-10-4-3-5-11(16)8-10/h1-2,6-7,10-11,15-16H,3-5,8-9H2. The highest BCUT2D eigenvalue weighted by Gasteiger charge is 2.23. The van der Waals surface area contributed by atoms with Crippen LogP contribution in [0.2, 0.25) is 0 Å². The minimum Gasteiger partial charge on any atom is -0.393 e. The van der Waals surface area contributed by atoms with Crippen LogP contribution < -0.4 is 4.72 Å². The van der Waals surface area contributed by atoms with Crippen molar-refractivity contribution in [1.82, 2.24) is 4.72 Å². The Morgan fingerprint density at radius 3 is 2.74 bits per heavy atom. The summed E-state index contributed by atoms with van der Waals surface area (Å²) in [7, 11) is -3.49. The van der Waals surface area contributed by atoms with Crippen LogP contribution >= 0.6 is 15.9 Å². The molecule has 0 heterocycles. The van der Waals surface area contributed by atoms with Gasteiger partial charge in [0.2, 0.25) is 10.0 Å². The summed E-state index contributed by atoms with van der Waals surface area (Å²) < 4.78 is 27.5. The van der Waals surface area contributed by atoms with E-state index in [-0.39, 0.29) is 16.9 Å². The Hall–Kier alpha value is -0.430. The van der Waals surface area contributed by atoms with Crippen molar-refractivity contribution < 1.29 is 13.5 Å². The lowest BCUT2D eigenvalue weighted by molar-refractivity contribution is 0.102. The predicted molar refractivity (Wildman–Crippen MR) is 77.3 cm³/mol. The third-order valence-corrected chi connectivity index (χ3v) is 5.88. The van der Waals surface area contributed by atoms with Gasteiger partial charge in [-0.1, -0.05) is 18.6 Å². The number of hydrogen-bond acceptors (Lipinski definition) is 3. The fourth-order valence-corrected chi connectivity index (χ4v) is 4.53. The number of halogens is 1. The molecule has 0 spiro atoms. The Morgan fingerprint density at radius 1 is 1.32 bits per heavy atom. The van der Waals surface area contributed by atoms with Gasteiger partial charge in [-0.25, -0.2) is 13.1 Å². The van der Waals surface area contributed by atoms with Crippen molar-refractivity contribution in [1.29, 1.82) is 0 Å². The van der Waals surface area contributed by atoms with E-state index >= 15 is 0 Å². The Morgan fingerprint density at radius 2 is 2.05 bits per heavy atom. The van der Waals surface area contributed by atoms with Crippen LogP contribution in [-0.2, 0) is 10.0 Å². The van der Waals surface area contributed by atoms with Crippen molar-refractivity contribution in [2.75, 3.05) is 6.54 Å². The third kappa shape index (κ3) is 4.02. The minimum atomic E-state index is -3.49. The molecule has 19 heavy (non-hydrogen) atoms. The molecule has 6 heteroatoms. The van der Waals surface area contributed by atoms with Crippen LogP contribution in [0.5, 0.6) is 0 Å². The van der Waals surface area contributed by atoms with Crippen molar-refractivity contribution in [2.24, 2.45) is 5.92 Å². The van der Waals surface area contributed by atoms with E-state index in [0.717, 1.165) is 19.3 Å². The number of aliphatic hydroxyl groups excluding tert-OH is 1. The smallest absolute Gasteiger partial charge is 0.241 e. The highest BCUT2D eigenvalue weighted by atomic mass is 79.9. The summed E-state index contributed by atoms with van der Waals surface area (Å²) in [5, 5.41) is 9.59. The highest BCUT2D eigenvalue weighted by Crippen LogP contribution is 2.25. The monoisotopic (exact) mass is 347 g/mol. The Kier molecular flexibility index (Phi) is 5.00. The molecule has 1 aromatic rings. The first-order valence-electron chi connectivity index (χ1n) is 6.41. The average molecular weight is 348 g/mol. The fourth-order valence-electron chi connectivity index (χ4n) is 2.42. The van der Waals surface area contributed by atoms with E-state index in [4.69, 9.17) is 0 Å².